The van der Waals surface area contributed by atoms with Gasteiger partial charge in [0.05, 0.1) is 6.21 Å². The summed E-state index contributed by atoms with van der Waals surface area (Å²) in [6, 6.07) is 8.31. The fourth-order valence-electron chi connectivity index (χ4n) is 1.05. The SMILES string of the molecule is CCc1ccc(C=NOC(C)C)cc1. The van der Waals surface area contributed by atoms with Crippen molar-refractivity contribution < 1.29 is 4.84 Å². The molecule has 76 valence electrons. The third kappa shape index (κ3) is 3.60. The van der Waals surface area contributed by atoms with Crippen LogP contribution < -0.4 is 0 Å². The molecule has 1 aromatic rings. The quantitative estimate of drug-likeness (QED) is 0.529. The van der Waals surface area contributed by atoms with Gasteiger partial charge in [-0.1, -0.05) is 36.3 Å². The third-order valence-corrected chi connectivity index (χ3v) is 1.86. The van der Waals surface area contributed by atoms with Gasteiger partial charge in [0.1, 0.15) is 6.10 Å². The summed E-state index contributed by atoms with van der Waals surface area (Å²) in [6.07, 6.45) is 2.94. The molecular formula is C12H17NO. The molecule has 0 atom stereocenters. The summed E-state index contributed by atoms with van der Waals surface area (Å²) in [6.45, 7) is 6.06. The topological polar surface area (TPSA) is 21.6 Å². The number of nitrogens with zero attached hydrogens (tertiary/aromatic N) is 1. The van der Waals surface area contributed by atoms with Crippen LogP contribution in [0.25, 0.3) is 0 Å². The van der Waals surface area contributed by atoms with Crippen LogP contribution in [-0.2, 0) is 11.3 Å². The van der Waals surface area contributed by atoms with E-state index in [-0.39, 0.29) is 6.10 Å². The van der Waals surface area contributed by atoms with Gasteiger partial charge in [-0.2, -0.15) is 0 Å². The molecule has 2 heteroatoms. The van der Waals surface area contributed by atoms with Gasteiger partial charge in [0.25, 0.3) is 0 Å². The zero-order valence-corrected chi connectivity index (χ0v) is 9.03. The van der Waals surface area contributed by atoms with Gasteiger partial charge in [0, 0.05) is 0 Å². The normalized spacial score (nSPS) is 11.1. The smallest absolute Gasteiger partial charge is 0.122 e. The lowest BCUT2D eigenvalue weighted by Gasteiger charge is -2.00. The van der Waals surface area contributed by atoms with Gasteiger partial charge < -0.3 is 4.84 Å². The molecule has 0 fully saturated rings. The molecule has 0 radical (unpaired) electrons. The molecule has 0 aliphatic heterocycles. The summed E-state index contributed by atoms with van der Waals surface area (Å²) < 4.78 is 0. The number of hydrogen-bond donors (Lipinski definition) is 0. The fraction of sp³-hybridized carbons (Fsp3) is 0.417. The number of rotatable bonds is 4. The van der Waals surface area contributed by atoms with Gasteiger partial charge in [-0.15, -0.1) is 0 Å². The van der Waals surface area contributed by atoms with Crippen LogP contribution in [0.2, 0.25) is 0 Å². The van der Waals surface area contributed by atoms with E-state index in [9.17, 15) is 0 Å². The average Bonchev–Trinajstić information content (AvgIpc) is 2.18. The van der Waals surface area contributed by atoms with Crippen molar-refractivity contribution in [2.45, 2.75) is 33.3 Å². The van der Waals surface area contributed by atoms with Crippen LogP contribution in [0, 0.1) is 0 Å². The molecule has 0 heterocycles. The zero-order chi connectivity index (χ0) is 10.4. The highest BCUT2D eigenvalue weighted by Gasteiger charge is 1.91. The Hall–Kier alpha value is -1.31. The van der Waals surface area contributed by atoms with E-state index in [2.05, 4.69) is 24.2 Å². The van der Waals surface area contributed by atoms with Crippen LogP contribution in [0.4, 0.5) is 0 Å². The molecule has 2 nitrogen and oxygen atoms in total. The van der Waals surface area contributed by atoms with Gasteiger partial charge in [-0.25, -0.2) is 0 Å². The summed E-state index contributed by atoms with van der Waals surface area (Å²) in [5.41, 5.74) is 2.41. The molecule has 0 spiro atoms. The molecule has 1 rings (SSSR count). The summed E-state index contributed by atoms with van der Waals surface area (Å²) in [5.74, 6) is 0. The van der Waals surface area contributed by atoms with E-state index in [0.29, 0.717) is 0 Å². The van der Waals surface area contributed by atoms with Crippen molar-refractivity contribution in [1.82, 2.24) is 0 Å². The van der Waals surface area contributed by atoms with Crippen LogP contribution in [0.5, 0.6) is 0 Å². The van der Waals surface area contributed by atoms with E-state index in [1.54, 1.807) is 6.21 Å². The molecule has 0 unspecified atom stereocenters. The number of oxime groups is 1. The van der Waals surface area contributed by atoms with Gasteiger partial charge in [-0.3, -0.25) is 0 Å². The molecule has 0 N–H and O–H groups in total. The maximum absolute atomic E-state index is 5.07. The van der Waals surface area contributed by atoms with Crippen LogP contribution in [0.1, 0.15) is 31.9 Å². The van der Waals surface area contributed by atoms with Crippen LogP contribution >= 0.6 is 0 Å². The maximum Gasteiger partial charge on any atom is 0.122 e. The molecule has 0 aromatic heterocycles. The minimum absolute atomic E-state index is 0.140. The molecule has 1 aromatic carbocycles. The Kier molecular flexibility index (Phi) is 4.17. The Morgan fingerprint density at radius 2 is 1.93 bits per heavy atom. The van der Waals surface area contributed by atoms with E-state index >= 15 is 0 Å². The number of aryl methyl sites for hydroxylation is 1. The first kappa shape index (κ1) is 10.8. The molecule has 0 aliphatic carbocycles. The molecule has 14 heavy (non-hydrogen) atoms. The lowest BCUT2D eigenvalue weighted by atomic mass is 10.1. The summed E-state index contributed by atoms with van der Waals surface area (Å²) >= 11 is 0. The highest BCUT2D eigenvalue weighted by molar-refractivity contribution is 5.79. The minimum Gasteiger partial charge on any atom is -0.393 e. The van der Waals surface area contributed by atoms with Crippen molar-refractivity contribution in [3.8, 4) is 0 Å². The predicted molar refractivity (Wildman–Crippen MR) is 59.6 cm³/mol. The molecule has 0 aliphatic rings. The van der Waals surface area contributed by atoms with Crippen LogP contribution in [0.3, 0.4) is 0 Å². The van der Waals surface area contributed by atoms with Crippen LogP contribution in [0.15, 0.2) is 29.4 Å². The minimum atomic E-state index is 0.140. The first-order chi connectivity index (χ1) is 6.72. The van der Waals surface area contributed by atoms with Gasteiger partial charge in [0.15, 0.2) is 0 Å². The van der Waals surface area contributed by atoms with Crippen molar-refractivity contribution >= 4 is 6.21 Å². The standard InChI is InChI=1S/C12H17NO/c1-4-11-5-7-12(8-6-11)9-13-14-10(2)3/h5-10H,4H2,1-3H3. The first-order valence-corrected chi connectivity index (χ1v) is 5.00. The summed E-state index contributed by atoms with van der Waals surface area (Å²) in [5, 5.41) is 3.87. The van der Waals surface area contributed by atoms with Crippen molar-refractivity contribution in [1.29, 1.82) is 0 Å². The summed E-state index contributed by atoms with van der Waals surface area (Å²) in [7, 11) is 0. The maximum atomic E-state index is 5.07. The van der Waals surface area contributed by atoms with Gasteiger partial charge in [0.2, 0.25) is 0 Å². The van der Waals surface area contributed by atoms with Crippen LogP contribution in [-0.4, -0.2) is 12.3 Å². The second-order valence-electron chi connectivity index (χ2n) is 3.48. The average molecular weight is 191 g/mol. The Labute approximate surface area is 85.6 Å². The Bertz CT molecular complexity index is 288. The van der Waals surface area contributed by atoms with Crippen molar-refractivity contribution in [2.24, 2.45) is 5.16 Å². The third-order valence-electron chi connectivity index (χ3n) is 1.86. The Morgan fingerprint density at radius 1 is 1.29 bits per heavy atom. The molecule has 0 bridgehead atoms. The second-order valence-corrected chi connectivity index (χ2v) is 3.48. The van der Waals surface area contributed by atoms with E-state index < -0.39 is 0 Å². The Balaban J connectivity index is 2.55. The summed E-state index contributed by atoms with van der Waals surface area (Å²) in [4.78, 5) is 5.07. The number of benzene rings is 1. The number of hydrogen-bond acceptors (Lipinski definition) is 2. The highest BCUT2D eigenvalue weighted by Crippen LogP contribution is 2.03. The van der Waals surface area contributed by atoms with Gasteiger partial charge in [-0.05, 0) is 31.4 Å². The lowest BCUT2D eigenvalue weighted by molar-refractivity contribution is 0.0874. The zero-order valence-electron chi connectivity index (χ0n) is 9.03. The highest BCUT2D eigenvalue weighted by atomic mass is 16.6. The second kappa shape index (κ2) is 5.43. The largest absolute Gasteiger partial charge is 0.393 e. The monoisotopic (exact) mass is 191 g/mol. The van der Waals surface area contributed by atoms with Crippen molar-refractivity contribution in [3.63, 3.8) is 0 Å². The molecule has 0 saturated heterocycles. The van der Waals surface area contributed by atoms with E-state index in [1.165, 1.54) is 5.56 Å². The molecular weight excluding hydrogens is 174 g/mol. The van der Waals surface area contributed by atoms with Crippen molar-refractivity contribution in [2.75, 3.05) is 0 Å². The predicted octanol–water partition coefficient (Wildman–Crippen LogP) is 3.01. The first-order valence-electron chi connectivity index (χ1n) is 5.00. The molecule has 0 amide bonds. The van der Waals surface area contributed by atoms with E-state index in [0.717, 1.165) is 12.0 Å². The van der Waals surface area contributed by atoms with E-state index in [1.807, 2.05) is 26.0 Å². The lowest BCUT2D eigenvalue weighted by Crippen LogP contribution is -1.96. The molecule has 0 saturated carbocycles. The fourth-order valence-corrected chi connectivity index (χ4v) is 1.05. The Morgan fingerprint density at radius 3 is 2.43 bits per heavy atom. The van der Waals surface area contributed by atoms with E-state index in [4.69, 9.17) is 4.84 Å². The van der Waals surface area contributed by atoms with Gasteiger partial charge >= 0.3 is 0 Å². The van der Waals surface area contributed by atoms with Crippen molar-refractivity contribution in [3.05, 3.63) is 35.4 Å².